The highest BCUT2D eigenvalue weighted by atomic mass is 16.2. The highest BCUT2D eigenvalue weighted by Gasteiger charge is 2.33. The number of carbonyl (C=O) groups is 1. The van der Waals surface area contributed by atoms with Crippen molar-refractivity contribution in [2.45, 2.75) is 51.0 Å². The number of carbonyl (C=O) groups excluding carboxylic acids is 1. The summed E-state index contributed by atoms with van der Waals surface area (Å²) in [6.45, 7) is 5.15. The molecule has 3 fully saturated rings. The lowest BCUT2D eigenvalue weighted by atomic mass is 9.89. The van der Waals surface area contributed by atoms with Gasteiger partial charge in [0, 0.05) is 12.6 Å². The monoisotopic (exact) mass is 279 g/mol. The van der Waals surface area contributed by atoms with Crippen molar-refractivity contribution in [1.29, 1.82) is 0 Å². The second-order valence-corrected chi connectivity index (χ2v) is 6.96. The van der Waals surface area contributed by atoms with Crippen LogP contribution in [0.4, 0.5) is 0 Å². The average molecular weight is 279 g/mol. The van der Waals surface area contributed by atoms with Gasteiger partial charge in [-0.25, -0.2) is 0 Å². The molecular formula is C16H29N3O. The lowest BCUT2D eigenvalue weighted by molar-refractivity contribution is -0.123. The van der Waals surface area contributed by atoms with E-state index in [1.807, 2.05) is 0 Å². The molecule has 0 aromatic carbocycles. The van der Waals surface area contributed by atoms with Crippen LogP contribution in [-0.4, -0.2) is 49.6 Å². The van der Waals surface area contributed by atoms with Crippen LogP contribution in [0, 0.1) is 11.8 Å². The second-order valence-electron chi connectivity index (χ2n) is 6.96. The molecule has 0 aromatic heterocycles. The minimum absolute atomic E-state index is 0.251. The second kappa shape index (κ2) is 6.90. The zero-order valence-corrected chi connectivity index (χ0v) is 12.6. The normalized spacial score (nSPS) is 32.6. The average Bonchev–Trinajstić information content (AvgIpc) is 2.75. The van der Waals surface area contributed by atoms with Crippen molar-refractivity contribution in [3.8, 4) is 0 Å². The van der Waals surface area contributed by atoms with Crippen LogP contribution in [0.3, 0.4) is 0 Å². The van der Waals surface area contributed by atoms with E-state index in [9.17, 15) is 4.79 Å². The molecule has 3 aliphatic rings. The van der Waals surface area contributed by atoms with Crippen LogP contribution in [0.15, 0.2) is 0 Å². The molecule has 0 radical (unpaired) electrons. The van der Waals surface area contributed by atoms with Crippen molar-refractivity contribution in [3.63, 3.8) is 0 Å². The summed E-state index contributed by atoms with van der Waals surface area (Å²) in [6, 6.07) is 0.440. The van der Waals surface area contributed by atoms with Crippen LogP contribution in [0.5, 0.6) is 0 Å². The van der Waals surface area contributed by atoms with E-state index in [1.54, 1.807) is 0 Å². The summed E-state index contributed by atoms with van der Waals surface area (Å²) in [7, 11) is 0. The number of nitrogens with zero attached hydrogens (tertiary/aromatic N) is 1. The van der Waals surface area contributed by atoms with E-state index in [0.717, 1.165) is 31.5 Å². The van der Waals surface area contributed by atoms with E-state index in [-0.39, 0.29) is 5.91 Å². The Labute approximate surface area is 122 Å². The maximum atomic E-state index is 12.2. The molecule has 4 nitrogen and oxygen atoms in total. The van der Waals surface area contributed by atoms with Gasteiger partial charge in [0.25, 0.3) is 0 Å². The quantitative estimate of drug-likeness (QED) is 0.767. The van der Waals surface area contributed by atoms with Crippen molar-refractivity contribution in [2.24, 2.45) is 11.8 Å². The predicted molar refractivity (Wildman–Crippen MR) is 80.5 cm³/mol. The highest BCUT2D eigenvalue weighted by Crippen LogP contribution is 2.26. The molecule has 1 saturated carbocycles. The van der Waals surface area contributed by atoms with E-state index in [2.05, 4.69) is 15.5 Å². The van der Waals surface area contributed by atoms with Gasteiger partial charge in [0.2, 0.25) is 5.91 Å². The topological polar surface area (TPSA) is 44.4 Å². The molecule has 3 rings (SSSR count). The van der Waals surface area contributed by atoms with Crippen molar-refractivity contribution in [3.05, 3.63) is 0 Å². The first kappa shape index (κ1) is 14.3. The van der Waals surface area contributed by atoms with Gasteiger partial charge in [-0.15, -0.1) is 0 Å². The number of likely N-dealkylation sites (tertiary alicyclic amines) is 1. The van der Waals surface area contributed by atoms with Gasteiger partial charge in [-0.05, 0) is 50.7 Å². The van der Waals surface area contributed by atoms with E-state index in [1.165, 1.54) is 51.5 Å². The molecule has 4 heteroatoms. The maximum absolute atomic E-state index is 12.2. The summed E-state index contributed by atoms with van der Waals surface area (Å²) in [5, 5.41) is 6.75. The van der Waals surface area contributed by atoms with E-state index in [4.69, 9.17) is 0 Å². The molecule has 2 saturated heterocycles. The van der Waals surface area contributed by atoms with Crippen molar-refractivity contribution >= 4 is 5.91 Å². The van der Waals surface area contributed by atoms with Crippen LogP contribution in [-0.2, 0) is 4.79 Å². The predicted octanol–water partition coefficient (Wildman–Crippen LogP) is 1.37. The summed E-state index contributed by atoms with van der Waals surface area (Å²) in [6.07, 6.45) is 8.87. The molecule has 2 heterocycles. The molecule has 0 bridgehead atoms. The lowest BCUT2D eigenvalue weighted by Crippen LogP contribution is -2.47. The third-order valence-corrected chi connectivity index (χ3v) is 5.38. The van der Waals surface area contributed by atoms with Crippen LogP contribution in [0.2, 0.25) is 0 Å². The number of fused-ring (bicyclic) bond motifs is 1. The first-order valence-corrected chi connectivity index (χ1v) is 8.53. The number of piperidine rings is 1. The largest absolute Gasteiger partial charge is 0.352 e. The number of hydrogen-bond acceptors (Lipinski definition) is 3. The van der Waals surface area contributed by atoms with Gasteiger partial charge in [-0.1, -0.05) is 25.7 Å². The van der Waals surface area contributed by atoms with Gasteiger partial charge in [-0.2, -0.15) is 0 Å². The van der Waals surface area contributed by atoms with Crippen molar-refractivity contribution in [1.82, 2.24) is 15.5 Å². The zero-order valence-electron chi connectivity index (χ0n) is 12.6. The molecular weight excluding hydrogens is 250 g/mol. The van der Waals surface area contributed by atoms with Crippen LogP contribution in [0.1, 0.15) is 44.9 Å². The third kappa shape index (κ3) is 3.73. The van der Waals surface area contributed by atoms with Crippen molar-refractivity contribution in [2.75, 3.05) is 32.7 Å². The van der Waals surface area contributed by atoms with Crippen LogP contribution >= 0.6 is 0 Å². The Kier molecular flexibility index (Phi) is 4.94. The summed E-state index contributed by atoms with van der Waals surface area (Å²) in [5.41, 5.74) is 0. The van der Waals surface area contributed by atoms with Crippen LogP contribution < -0.4 is 10.6 Å². The zero-order chi connectivity index (χ0) is 13.8. The molecule has 2 unspecified atom stereocenters. The van der Waals surface area contributed by atoms with Crippen molar-refractivity contribution < 1.29 is 4.79 Å². The van der Waals surface area contributed by atoms with E-state index >= 15 is 0 Å². The fraction of sp³-hybridized carbons (Fsp3) is 0.938. The molecule has 1 aliphatic carbocycles. The summed E-state index contributed by atoms with van der Waals surface area (Å²) in [4.78, 5) is 14.6. The lowest BCUT2D eigenvalue weighted by Gasteiger charge is -2.34. The summed E-state index contributed by atoms with van der Waals surface area (Å²) in [5.74, 6) is 1.88. The maximum Gasteiger partial charge on any atom is 0.234 e. The number of hydrogen-bond donors (Lipinski definition) is 2. The fourth-order valence-corrected chi connectivity index (χ4v) is 4.15. The van der Waals surface area contributed by atoms with E-state index < -0.39 is 0 Å². The number of rotatable bonds is 3. The minimum atomic E-state index is 0.251. The van der Waals surface area contributed by atoms with Gasteiger partial charge < -0.3 is 10.6 Å². The molecule has 114 valence electrons. The van der Waals surface area contributed by atoms with Gasteiger partial charge >= 0.3 is 0 Å². The Bertz CT molecular complexity index is 326. The molecule has 20 heavy (non-hydrogen) atoms. The Morgan fingerprint density at radius 3 is 2.60 bits per heavy atom. The Morgan fingerprint density at radius 2 is 1.80 bits per heavy atom. The number of nitrogens with one attached hydrogen (secondary N) is 2. The van der Waals surface area contributed by atoms with E-state index in [0.29, 0.717) is 12.6 Å². The Morgan fingerprint density at radius 1 is 1.05 bits per heavy atom. The first-order chi connectivity index (χ1) is 9.81. The smallest absolute Gasteiger partial charge is 0.234 e. The molecule has 0 spiro atoms. The Balaban J connectivity index is 1.41. The fourth-order valence-electron chi connectivity index (χ4n) is 4.15. The Hall–Kier alpha value is -0.610. The van der Waals surface area contributed by atoms with Gasteiger partial charge in [0.15, 0.2) is 0 Å². The van der Waals surface area contributed by atoms with Gasteiger partial charge in [-0.3, -0.25) is 9.69 Å². The molecule has 2 N–H and O–H groups in total. The molecule has 0 aromatic rings. The first-order valence-electron chi connectivity index (χ1n) is 8.53. The standard InChI is InChI=1S/C16H29N3O/c20-16(18-15-5-3-1-2-4-6-15)12-19-8-7-13-9-17-10-14(13)11-19/h13-15,17H,1-12H2,(H,18,20). The molecule has 2 aliphatic heterocycles. The summed E-state index contributed by atoms with van der Waals surface area (Å²) < 4.78 is 0. The SMILES string of the molecule is O=C(CN1CCC2CNCC2C1)NC1CCCCCC1. The number of amides is 1. The van der Waals surface area contributed by atoms with Crippen LogP contribution in [0.25, 0.3) is 0 Å². The molecule has 2 atom stereocenters. The minimum Gasteiger partial charge on any atom is -0.352 e. The van der Waals surface area contributed by atoms with Gasteiger partial charge in [0.1, 0.15) is 0 Å². The highest BCUT2D eigenvalue weighted by molar-refractivity contribution is 5.78. The van der Waals surface area contributed by atoms with Gasteiger partial charge in [0.05, 0.1) is 6.54 Å². The third-order valence-electron chi connectivity index (χ3n) is 5.38. The summed E-state index contributed by atoms with van der Waals surface area (Å²) >= 11 is 0. The molecule has 1 amide bonds.